The Morgan fingerprint density at radius 2 is 2.37 bits per heavy atom. The number of hydrogen-bond acceptors (Lipinski definition) is 4. The molecule has 2 N–H and O–H groups in total. The molecule has 0 saturated carbocycles. The number of halogens is 1. The second-order valence-electron chi connectivity index (χ2n) is 4.69. The van der Waals surface area contributed by atoms with E-state index < -0.39 is 0 Å². The van der Waals surface area contributed by atoms with Crippen molar-refractivity contribution in [1.82, 2.24) is 15.0 Å². The number of ether oxygens (including phenoxy) is 1. The van der Waals surface area contributed by atoms with Crippen LogP contribution in [0.1, 0.15) is 5.69 Å². The summed E-state index contributed by atoms with van der Waals surface area (Å²) < 4.78 is 20.7. The zero-order valence-electron chi connectivity index (χ0n) is 10.4. The SMILES string of the molecule is NCC1COCc2c(-c3cccc(F)c3)nnn2C1. The molecule has 0 aliphatic carbocycles. The number of benzene rings is 1. The molecule has 5 nitrogen and oxygen atoms in total. The lowest BCUT2D eigenvalue weighted by molar-refractivity contribution is 0.0970. The first-order valence-electron chi connectivity index (χ1n) is 6.24. The van der Waals surface area contributed by atoms with E-state index in [1.807, 2.05) is 10.7 Å². The van der Waals surface area contributed by atoms with Gasteiger partial charge in [-0.1, -0.05) is 17.3 Å². The Morgan fingerprint density at radius 1 is 1.47 bits per heavy atom. The van der Waals surface area contributed by atoms with Gasteiger partial charge in [-0.15, -0.1) is 5.10 Å². The van der Waals surface area contributed by atoms with Crippen molar-refractivity contribution in [2.24, 2.45) is 11.7 Å². The average Bonchev–Trinajstić information content (AvgIpc) is 2.69. The average molecular weight is 262 g/mol. The molecule has 100 valence electrons. The molecule has 1 aromatic heterocycles. The quantitative estimate of drug-likeness (QED) is 0.883. The normalized spacial score (nSPS) is 18.9. The monoisotopic (exact) mass is 262 g/mol. The molecule has 1 atom stereocenters. The molecule has 0 saturated heterocycles. The van der Waals surface area contributed by atoms with Gasteiger partial charge in [-0.05, 0) is 18.7 Å². The summed E-state index contributed by atoms with van der Waals surface area (Å²) in [5.41, 5.74) is 7.95. The number of nitrogens with two attached hydrogens (primary N) is 1. The van der Waals surface area contributed by atoms with Gasteiger partial charge in [-0.3, -0.25) is 0 Å². The standard InChI is InChI=1S/C13H15FN4O/c14-11-3-1-2-10(4-11)13-12-8-19-7-9(5-15)6-18(12)17-16-13/h1-4,9H,5-8,15H2. The third kappa shape index (κ3) is 2.36. The smallest absolute Gasteiger partial charge is 0.123 e. The molecule has 0 radical (unpaired) electrons. The number of aromatic nitrogens is 3. The van der Waals surface area contributed by atoms with Crippen LogP contribution in [0.5, 0.6) is 0 Å². The third-order valence-electron chi connectivity index (χ3n) is 3.29. The number of hydrogen-bond donors (Lipinski definition) is 1. The molecule has 0 fully saturated rings. The van der Waals surface area contributed by atoms with Gasteiger partial charge in [-0.2, -0.15) is 0 Å². The van der Waals surface area contributed by atoms with E-state index in [1.165, 1.54) is 12.1 Å². The van der Waals surface area contributed by atoms with Crippen LogP contribution in [0, 0.1) is 11.7 Å². The number of nitrogens with zero attached hydrogens (tertiary/aromatic N) is 3. The molecule has 1 unspecified atom stereocenters. The highest BCUT2D eigenvalue weighted by Gasteiger charge is 2.21. The molecule has 2 aromatic rings. The van der Waals surface area contributed by atoms with Crippen LogP contribution >= 0.6 is 0 Å². The van der Waals surface area contributed by atoms with Crippen molar-refractivity contribution in [3.63, 3.8) is 0 Å². The molecule has 6 heteroatoms. The topological polar surface area (TPSA) is 66.0 Å². The molecule has 0 amide bonds. The van der Waals surface area contributed by atoms with Gasteiger partial charge in [0.05, 0.1) is 18.9 Å². The Labute approximate surface area is 110 Å². The predicted octanol–water partition coefficient (Wildman–Crippen LogP) is 1.19. The van der Waals surface area contributed by atoms with E-state index in [9.17, 15) is 4.39 Å². The van der Waals surface area contributed by atoms with Crippen LogP contribution in [-0.2, 0) is 17.9 Å². The molecule has 1 aromatic carbocycles. The van der Waals surface area contributed by atoms with Crippen LogP contribution < -0.4 is 5.73 Å². The summed E-state index contributed by atoms with van der Waals surface area (Å²) in [4.78, 5) is 0. The van der Waals surface area contributed by atoms with Crippen LogP contribution in [0.3, 0.4) is 0 Å². The summed E-state index contributed by atoms with van der Waals surface area (Å²) in [7, 11) is 0. The Hall–Kier alpha value is -1.79. The van der Waals surface area contributed by atoms with Gasteiger partial charge in [0.15, 0.2) is 0 Å². The Morgan fingerprint density at radius 3 is 3.16 bits per heavy atom. The van der Waals surface area contributed by atoms with Crippen LogP contribution in [-0.4, -0.2) is 28.1 Å². The summed E-state index contributed by atoms with van der Waals surface area (Å²) in [5, 5.41) is 8.27. The zero-order chi connectivity index (χ0) is 13.2. The van der Waals surface area contributed by atoms with Crippen LogP contribution in [0.4, 0.5) is 4.39 Å². The maximum Gasteiger partial charge on any atom is 0.123 e. The van der Waals surface area contributed by atoms with Crippen molar-refractivity contribution in [2.45, 2.75) is 13.2 Å². The zero-order valence-corrected chi connectivity index (χ0v) is 10.4. The minimum atomic E-state index is -0.284. The lowest BCUT2D eigenvalue weighted by Crippen LogP contribution is -2.23. The van der Waals surface area contributed by atoms with Gasteiger partial charge >= 0.3 is 0 Å². The molecule has 1 aliphatic heterocycles. The highest BCUT2D eigenvalue weighted by Crippen LogP contribution is 2.24. The van der Waals surface area contributed by atoms with E-state index >= 15 is 0 Å². The van der Waals surface area contributed by atoms with E-state index in [1.54, 1.807) is 6.07 Å². The minimum absolute atomic E-state index is 0.239. The second kappa shape index (κ2) is 5.07. The highest BCUT2D eigenvalue weighted by molar-refractivity contribution is 5.61. The maximum atomic E-state index is 13.3. The molecular weight excluding hydrogens is 247 g/mol. The van der Waals surface area contributed by atoms with Crippen molar-refractivity contribution in [2.75, 3.05) is 13.2 Å². The first kappa shape index (κ1) is 12.3. The molecule has 0 bridgehead atoms. The van der Waals surface area contributed by atoms with Gasteiger partial charge in [-0.25, -0.2) is 9.07 Å². The van der Waals surface area contributed by atoms with Crippen molar-refractivity contribution in [3.05, 3.63) is 35.8 Å². The van der Waals surface area contributed by atoms with E-state index in [-0.39, 0.29) is 11.7 Å². The van der Waals surface area contributed by atoms with Crippen molar-refractivity contribution in [1.29, 1.82) is 0 Å². The molecule has 19 heavy (non-hydrogen) atoms. The Balaban J connectivity index is 1.99. The lowest BCUT2D eigenvalue weighted by Gasteiger charge is -2.09. The van der Waals surface area contributed by atoms with Crippen LogP contribution in [0.2, 0.25) is 0 Å². The van der Waals surface area contributed by atoms with Gasteiger partial charge in [0.2, 0.25) is 0 Å². The third-order valence-corrected chi connectivity index (χ3v) is 3.29. The summed E-state index contributed by atoms with van der Waals surface area (Å²) in [5.74, 6) is -0.0445. The van der Waals surface area contributed by atoms with E-state index in [2.05, 4.69) is 10.3 Å². The van der Waals surface area contributed by atoms with Gasteiger partial charge in [0, 0.05) is 18.0 Å². The highest BCUT2D eigenvalue weighted by atomic mass is 19.1. The molecule has 2 heterocycles. The molecule has 1 aliphatic rings. The summed E-state index contributed by atoms with van der Waals surface area (Å²) >= 11 is 0. The number of rotatable bonds is 2. The van der Waals surface area contributed by atoms with E-state index in [0.717, 1.165) is 11.3 Å². The van der Waals surface area contributed by atoms with Gasteiger partial charge < -0.3 is 10.5 Å². The Kier molecular flexibility index (Phi) is 3.27. The van der Waals surface area contributed by atoms with Gasteiger partial charge in [0.1, 0.15) is 11.5 Å². The second-order valence-corrected chi connectivity index (χ2v) is 4.69. The summed E-state index contributed by atoms with van der Waals surface area (Å²) in [6.45, 7) is 2.28. The fourth-order valence-corrected chi connectivity index (χ4v) is 2.24. The van der Waals surface area contributed by atoms with Crippen molar-refractivity contribution in [3.8, 4) is 11.3 Å². The molecule has 3 rings (SSSR count). The maximum absolute atomic E-state index is 13.3. The number of fused-ring (bicyclic) bond motifs is 1. The van der Waals surface area contributed by atoms with Crippen LogP contribution in [0.25, 0.3) is 11.3 Å². The summed E-state index contributed by atoms with van der Waals surface area (Å²) in [6.07, 6.45) is 0. The van der Waals surface area contributed by atoms with Gasteiger partial charge in [0.25, 0.3) is 0 Å². The van der Waals surface area contributed by atoms with Crippen LogP contribution in [0.15, 0.2) is 24.3 Å². The molecule has 0 spiro atoms. The fourth-order valence-electron chi connectivity index (χ4n) is 2.24. The lowest BCUT2D eigenvalue weighted by atomic mass is 10.1. The largest absolute Gasteiger partial charge is 0.375 e. The van der Waals surface area contributed by atoms with Crippen molar-refractivity contribution >= 4 is 0 Å². The first-order valence-corrected chi connectivity index (χ1v) is 6.24. The fraction of sp³-hybridized carbons (Fsp3) is 0.385. The van der Waals surface area contributed by atoms with E-state index in [0.29, 0.717) is 32.0 Å². The molecular formula is C13H15FN4O. The van der Waals surface area contributed by atoms with Crippen molar-refractivity contribution < 1.29 is 9.13 Å². The minimum Gasteiger partial charge on any atom is -0.375 e. The van der Waals surface area contributed by atoms with E-state index in [4.69, 9.17) is 10.5 Å². The first-order chi connectivity index (χ1) is 9.28. The Bertz CT molecular complexity index is 584. The predicted molar refractivity (Wildman–Crippen MR) is 67.6 cm³/mol. The summed E-state index contributed by atoms with van der Waals surface area (Å²) in [6, 6.07) is 6.35.